The quantitative estimate of drug-likeness (QED) is 0.607. The van der Waals surface area contributed by atoms with Gasteiger partial charge in [0.2, 0.25) is 5.91 Å². The molecule has 10 heteroatoms. The summed E-state index contributed by atoms with van der Waals surface area (Å²) < 4.78 is 2.85. The van der Waals surface area contributed by atoms with E-state index in [0.717, 1.165) is 0 Å². The summed E-state index contributed by atoms with van der Waals surface area (Å²) in [5.41, 5.74) is -0.191. The smallest absolute Gasteiger partial charge is 0.358 e. The van der Waals surface area contributed by atoms with Crippen molar-refractivity contribution in [1.82, 2.24) is 35.3 Å². The molecule has 0 unspecified atom stereocenters. The molecular weight excluding hydrogens is 266 g/mol. The largest absolute Gasteiger partial charge is 0.476 e. The molecule has 2 N–H and O–H groups in total. The van der Waals surface area contributed by atoms with Crippen molar-refractivity contribution in [2.24, 2.45) is 0 Å². The molecule has 2 aromatic rings. The first-order valence-corrected chi connectivity index (χ1v) is 5.89. The maximum atomic E-state index is 11.6. The van der Waals surface area contributed by atoms with Crippen LogP contribution in [0.4, 0.5) is 0 Å². The minimum absolute atomic E-state index is 0.0659. The van der Waals surface area contributed by atoms with Crippen LogP contribution < -0.4 is 5.32 Å². The van der Waals surface area contributed by atoms with E-state index in [2.05, 4.69) is 25.9 Å². The Bertz CT molecular complexity index is 577. The number of nitrogens with one attached hydrogen (secondary N) is 1. The van der Waals surface area contributed by atoms with E-state index in [-0.39, 0.29) is 18.1 Å². The number of carboxylic acids is 1. The van der Waals surface area contributed by atoms with Gasteiger partial charge in [0.15, 0.2) is 5.69 Å². The molecule has 0 aliphatic carbocycles. The second kappa shape index (κ2) is 6.41. The SMILES string of the molecule is O=C(Cn1cc(C(=O)O)nn1)NCCCn1ccnn1. The first-order valence-electron chi connectivity index (χ1n) is 5.89. The standard InChI is InChI=1S/C10H13N7O3/c18-9(7-17-6-8(10(19)20)13-15-17)11-2-1-4-16-5-3-12-14-16/h3,5-6H,1-2,4,7H2,(H,11,18)(H,19,20). The van der Waals surface area contributed by atoms with Crippen LogP contribution in [0.25, 0.3) is 0 Å². The number of carbonyl (C=O) groups is 2. The minimum atomic E-state index is -1.18. The summed E-state index contributed by atoms with van der Waals surface area (Å²) >= 11 is 0. The Kier molecular flexibility index (Phi) is 4.37. The zero-order valence-corrected chi connectivity index (χ0v) is 10.5. The number of hydrogen-bond acceptors (Lipinski definition) is 6. The monoisotopic (exact) mass is 279 g/mol. The second-order valence-electron chi connectivity index (χ2n) is 3.98. The molecule has 10 nitrogen and oxygen atoms in total. The van der Waals surface area contributed by atoms with E-state index >= 15 is 0 Å². The van der Waals surface area contributed by atoms with Crippen molar-refractivity contribution in [2.75, 3.05) is 6.54 Å². The molecule has 0 bridgehead atoms. The lowest BCUT2D eigenvalue weighted by molar-refractivity contribution is -0.121. The highest BCUT2D eigenvalue weighted by atomic mass is 16.4. The molecular formula is C10H13N7O3. The van der Waals surface area contributed by atoms with Gasteiger partial charge in [-0.15, -0.1) is 10.2 Å². The van der Waals surface area contributed by atoms with E-state index in [0.29, 0.717) is 19.5 Å². The van der Waals surface area contributed by atoms with Crippen molar-refractivity contribution in [3.63, 3.8) is 0 Å². The molecule has 0 atom stereocenters. The van der Waals surface area contributed by atoms with Gasteiger partial charge in [-0.2, -0.15) is 0 Å². The zero-order valence-electron chi connectivity index (χ0n) is 10.5. The molecule has 0 aliphatic rings. The molecule has 0 fully saturated rings. The van der Waals surface area contributed by atoms with Gasteiger partial charge in [0.05, 0.1) is 12.4 Å². The lowest BCUT2D eigenvalue weighted by Crippen LogP contribution is -2.29. The van der Waals surface area contributed by atoms with Gasteiger partial charge >= 0.3 is 5.97 Å². The van der Waals surface area contributed by atoms with Gasteiger partial charge in [-0.3, -0.25) is 9.48 Å². The van der Waals surface area contributed by atoms with Crippen molar-refractivity contribution in [3.8, 4) is 0 Å². The normalized spacial score (nSPS) is 10.4. The van der Waals surface area contributed by atoms with E-state index in [1.54, 1.807) is 17.1 Å². The second-order valence-corrected chi connectivity index (χ2v) is 3.98. The van der Waals surface area contributed by atoms with Gasteiger partial charge in [0, 0.05) is 19.3 Å². The van der Waals surface area contributed by atoms with Crippen molar-refractivity contribution >= 4 is 11.9 Å². The third-order valence-electron chi connectivity index (χ3n) is 2.42. The molecule has 0 saturated carbocycles. The first-order chi connectivity index (χ1) is 9.65. The minimum Gasteiger partial charge on any atom is -0.476 e. The number of rotatable bonds is 7. The van der Waals surface area contributed by atoms with E-state index in [1.807, 2.05) is 0 Å². The van der Waals surface area contributed by atoms with Crippen LogP contribution in [-0.4, -0.2) is 53.5 Å². The van der Waals surface area contributed by atoms with Crippen molar-refractivity contribution in [1.29, 1.82) is 0 Å². The van der Waals surface area contributed by atoms with Crippen LogP contribution in [0.1, 0.15) is 16.9 Å². The molecule has 0 aromatic carbocycles. The molecule has 0 aliphatic heterocycles. The fraction of sp³-hybridized carbons (Fsp3) is 0.400. The molecule has 2 rings (SSSR count). The van der Waals surface area contributed by atoms with Crippen LogP contribution in [0.5, 0.6) is 0 Å². The molecule has 0 saturated heterocycles. The predicted molar refractivity (Wildman–Crippen MR) is 64.6 cm³/mol. The molecule has 2 aromatic heterocycles. The summed E-state index contributed by atoms with van der Waals surface area (Å²) in [6.07, 6.45) is 5.25. The molecule has 2 heterocycles. The average Bonchev–Trinajstić information content (AvgIpc) is 3.05. The third-order valence-corrected chi connectivity index (χ3v) is 2.42. The Morgan fingerprint density at radius 2 is 2.15 bits per heavy atom. The molecule has 106 valence electrons. The summed E-state index contributed by atoms with van der Waals surface area (Å²) in [5.74, 6) is -1.44. The van der Waals surface area contributed by atoms with Crippen LogP contribution in [0.3, 0.4) is 0 Å². The lowest BCUT2D eigenvalue weighted by atomic mass is 10.4. The van der Waals surface area contributed by atoms with E-state index in [9.17, 15) is 9.59 Å². The third kappa shape index (κ3) is 3.86. The molecule has 0 spiro atoms. The fourth-order valence-corrected chi connectivity index (χ4v) is 1.50. The number of nitrogens with zero attached hydrogens (tertiary/aromatic N) is 6. The number of aromatic carboxylic acids is 1. The maximum absolute atomic E-state index is 11.6. The maximum Gasteiger partial charge on any atom is 0.358 e. The summed E-state index contributed by atoms with van der Waals surface area (Å²) in [6.45, 7) is 1.08. The van der Waals surface area contributed by atoms with Gasteiger partial charge in [-0.05, 0) is 6.42 Å². The molecule has 20 heavy (non-hydrogen) atoms. The Morgan fingerprint density at radius 3 is 2.80 bits per heavy atom. The number of aryl methyl sites for hydroxylation is 1. The van der Waals surface area contributed by atoms with Gasteiger partial charge in [-0.1, -0.05) is 10.4 Å². The van der Waals surface area contributed by atoms with E-state index in [1.165, 1.54) is 10.9 Å². The Labute approximate surface area is 113 Å². The predicted octanol–water partition coefficient (Wildman–Crippen LogP) is -1.23. The zero-order chi connectivity index (χ0) is 14.4. The van der Waals surface area contributed by atoms with E-state index in [4.69, 9.17) is 5.11 Å². The highest BCUT2D eigenvalue weighted by Gasteiger charge is 2.10. The molecule has 1 amide bonds. The number of amides is 1. The summed E-state index contributed by atoms with van der Waals surface area (Å²) in [4.78, 5) is 22.2. The fourth-order valence-electron chi connectivity index (χ4n) is 1.50. The summed E-state index contributed by atoms with van der Waals surface area (Å²) in [6, 6.07) is 0. The highest BCUT2D eigenvalue weighted by Crippen LogP contribution is 1.92. The number of carbonyl (C=O) groups excluding carboxylic acids is 1. The van der Waals surface area contributed by atoms with Crippen LogP contribution in [0, 0.1) is 0 Å². The number of aromatic nitrogens is 6. The topological polar surface area (TPSA) is 128 Å². The number of carboxylic acid groups (broad SMARTS) is 1. The average molecular weight is 279 g/mol. The van der Waals surface area contributed by atoms with Crippen LogP contribution >= 0.6 is 0 Å². The Balaban J connectivity index is 1.68. The van der Waals surface area contributed by atoms with Gasteiger partial charge in [0.25, 0.3) is 0 Å². The van der Waals surface area contributed by atoms with Crippen molar-refractivity contribution in [2.45, 2.75) is 19.5 Å². The van der Waals surface area contributed by atoms with Gasteiger partial charge < -0.3 is 10.4 Å². The molecule has 0 radical (unpaired) electrons. The van der Waals surface area contributed by atoms with Crippen molar-refractivity contribution in [3.05, 3.63) is 24.3 Å². The Hall–Kier alpha value is -2.78. The number of hydrogen-bond donors (Lipinski definition) is 2. The summed E-state index contributed by atoms with van der Waals surface area (Å²) in [5, 5.41) is 25.8. The van der Waals surface area contributed by atoms with Gasteiger partial charge in [0.1, 0.15) is 6.54 Å². The van der Waals surface area contributed by atoms with Crippen LogP contribution in [0.2, 0.25) is 0 Å². The highest BCUT2D eigenvalue weighted by molar-refractivity contribution is 5.84. The van der Waals surface area contributed by atoms with Crippen LogP contribution in [0.15, 0.2) is 18.6 Å². The lowest BCUT2D eigenvalue weighted by Gasteiger charge is -2.04. The van der Waals surface area contributed by atoms with Gasteiger partial charge in [-0.25, -0.2) is 9.48 Å². The summed E-state index contributed by atoms with van der Waals surface area (Å²) in [7, 11) is 0. The van der Waals surface area contributed by atoms with Crippen LogP contribution in [-0.2, 0) is 17.9 Å². The van der Waals surface area contributed by atoms with E-state index < -0.39 is 5.97 Å². The van der Waals surface area contributed by atoms with Crippen molar-refractivity contribution < 1.29 is 14.7 Å². The Morgan fingerprint density at radius 1 is 1.30 bits per heavy atom. The first kappa shape index (κ1) is 13.6.